The smallest absolute Gasteiger partial charge is 0.193 e. The van der Waals surface area contributed by atoms with Gasteiger partial charge in [-0.3, -0.25) is 4.79 Å². The number of benzene rings is 2. The first-order chi connectivity index (χ1) is 8.08. The summed E-state index contributed by atoms with van der Waals surface area (Å²) < 4.78 is 0. The highest BCUT2D eigenvalue weighted by Crippen LogP contribution is 2.25. The molecule has 86 valence electrons. The van der Waals surface area contributed by atoms with E-state index in [1.165, 1.54) is 18.2 Å². The third-order valence-electron chi connectivity index (χ3n) is 2.30. The molecular formula is C13H8Cl2O2. The second kappa shape index (κ2) is 4.78. The molecule has 0 aliphatic rings. The minimum atomic E-state index is -0.186. The van der Waals surface area contributed by atoms with Crippen molar-refractivity contribution in [3.05, 3.63) is 63.6 Å². The molecule has 0 unspecified atom stereocenters. The number of aromatic hydroxyl groups is 1. The zero-order valence-electron chi connectivity index (χ0n) is 8.65. The molecule has 0 amide bonds. The van der Waals surface area contributed by atoms with E-state index < -0.39 is 0 Å². The molecule has 4 heteroatoms. The van der Waals surface area contributed by atoms with Gasteiger partial charge < -0.3 is 5.11 Å². The van der Waals surface area contributed by atoms with E-state index in [1.54, 1.807) is 24.3 Å². The molecule has 0 bridgehead atoms. The van der Waals surface area contributed by atoms with Crippen LogP contribution in [0.2, 0.25) is 10.0 Å². The molecular weight excluding hydrogens is 259 g/mol. The fourth-order valence-electron chi connectivity index (χ4n) is 1.44. The molecule has 0 radical (unpaired) electrons. The van der Waals surface area contributed by atoms with Gasteiger partial charge in [0.2, 0.25) is 0 Å². The van der Waals surface area contributed by atoms with Crippen molar-refractivity contribution in [2.75, 3.05) is 0 Å². The van der Waals surface area contributed by atoms with E-state index in [0.29, 0.717) is 16.1 Å². The molecule has 2 rings (SSSR count). The van der Waals surface area contributed by atoms with Gasteiger partial charge >= 0.3 is 0 Å². The first kappa shape index (κ1) is 12.0. The number of phenolic OH excluding ortho intramolecular Hbond substituents is 1. The summed E-state index contributed by atoms with van der Waals surface area (Å²) in [4.78, 5) is 12.1. The van der Waals surface area contributed by atoms with Crippen molar-refractivity contribution in [3.8, 4) is 5.75 Å². The second-order valence-corrected chi connectivity index (χ2v) is 4.35. The van der Waals surface area contributed by atoms with E-state index in [1.807, 2.05) is 0 Å². The Morgan fingerprint density at radius 3 is 2.35 bits per heavy atom. The van der Waals surface area contributed by atoms with Crippen molar-refractivity contribution in [1.29, 1.82) is 0 Å². The van der Waals surface area contributed by atoms with E-state index in [2.05, 4.69) is 0 Å². The number of phenols is 1. The van der Waals surface area contributed by atoms with Crippen LogP contribution in [0.15, 0.2) is 42.5 Å². The lowest BCUT2D eigenvalue weighted by atomic mass is 10.0. The summed E-state index contributed by atoms with van der Waals surface area (Å²) in [5.74, 6) is -0.233. The van der Waals surface area contributed by atoms with Gasteiger partial charge in [0.05, 0.1) is 5.02 Å². The van der Waals surface area contributed by atoms with Crippen LogP contribution in [0, 0.1) is 0 Å². The highest BCUT2D eigenvalue weighted by molar-refractivity contribution is 6.33. The lowest BCUT2D eigenvalue weighted by Crippen LogP contribution is -2.00. The first-order valence-corrected chi connectivity index (χ1v) is 5.62. The number of carbonyl (C=O) groups is 1. The van der Waals surface area contributed by atoms with Gasteiger partial charge in [0, 0.05) is 16.1 Å². The molecule has 2 aromatic rings. The molecule has 2 aromatic carbocycles. The first-order valence-electron chi connectivity index (χ1n) is 4.87. The van der Waals surface area contributed by atoms with Gasteiger partial charge in [0.15, 0.2) is 5.78 Å². The topological polar surface area (TPSA) is 37.3 Å². The van der Waals surface area contributed by atoms with Crippen LogP contribution in [-0.4, -0.2) is 10.9 Å². The summed E-state index contributed by atoms with van der Waals surface area (Å²) >= 11 is 11.6. The Labute approximate surface area is 108 Å². The summed E-state index contributed by atoms with van der Waals surface area (Å²) in [6.07, 6.45) is 0. The van der Waals surface area contributed by atoms with E-state index in [9.17, 15) is 9.90 Å². The Balaban J connectivity index is 2.40. The molecule has 0 aliphatic carbocycles. The molecule has 0 saturated heterocycles. The maximum absolute atomic E-state index is 12.1. The van der Waals surface area contributed by atoms with Gasteiger partial charge in [-0.1, -0.05) is 35.3 Å². The maximum Gasteiger partial charge on any atom is 0.193 e. The molecule has 0 heterocycles. The van der Waals surface area contributed by atoms with Crippen molar-refractivity contribution >= 4 is 29.0 Å². The fraction of sp³-hybridized carbons (Fsp3) is 0. The number of hydrogen-bond acceptors (Lipinski definition) is 2. The van der Waals surface area contributed by atoms with Crippen LogP contribution in [0.25, 0.3) is 0 Å². The Hall–Kier alpha value is -1.51. The zero-order chi connectivity index (χ0) is 12.4. The molecule has 0 aromatic heterocycles. The van der Waals surface area contributed by atoms with E-state index in [0.717, 1.165) is 0 Å². The predicted octanol–water partition coefficient (Wildman–Crippen LogP) is 3.93. The molecule has 0 spiro atoms. The summed E-state index contributed by atoms with van der Waals surface area (Å²) in [6.45, 7) is 0. The van der Waals surface area contributed by atoms with Crippen LogP contribution in [0.3, 0.4) is 0 Å². The molecule has 2 nitrogen and oxygen atoms in total. The number of ketones is 1. The van der Waals surface area contributed by atoms with Gasteiger partial charge in [-0.15, -0.1) is 0 Å². The Bertz CT molecular complexity index is 579. The van der Waals surface area contributed by atoms with Crippen LogP contribution in [-0.2, 0) is 0 Å². The number of rotatable bonds is 2. The monoisotopic (exact) mass is 266 g/mol. The van der Waals surface area contributed by atoms with E-state index in [4.69, 9.17) is 23.2 Å². The average molecular weight is 267 g/mol. The van der Waals surface area contributed by atoms with Crippen molar-refractivity contribution in [2.45, 2.75) is 0 Å². The fourth-order valence-corrected chi connectivity index (χ4v) is 1.82. The molecule has 17 heavy (non-hydrogen) atoms. The lowest BCUT2D eigenvalue weighted by molar-refractivity contribution is 0.103. The van der Waals surface area contributed by atoms with Gasteiger partial charge in [-0.05, 0) is 30.3 Å². The van der Waals surface area contributed by atoms with Crippen molar-refractivity contribution in [1.82, 2.24) is 0 Å². The molecule has 1 N–H and O–H groups in total. The highest BCUT2D eigenvalue weighted by Gasteiger charge is 2.11. The minimum absolute atomic E-state index is 0.0469. The van der Waals surface area contributed by atoms with E-state index in [-0.39, 0.29) is 16.6 Å². The number of halogens is 2. The minimum Gasteiger partial charge on any atom is -0.506 e. The standard InChI is InChI=1S/C13H8Cl2O2/c14-10-3-1-2-8(6-10)13(17)9-4-5-12(16)11(15)7-9/h1-7,16H. The van der Waals surface area contributed by atoms with Crippen molar-refractivity contribution < 1.29 is 9.90 Å². The summed E-state index contributed by atoms with van der Waals surface area (Å²) in [5, 5.41) is 9.93. The van der Waals surface area contributed by atoms with Gasteiger partial charge in [0.25, 0.3) is 0 Å². The summed E-state index contributed by atoms with van der Waals surface area (Å²) in [7, 11) is 0. The summed E-state index contributed by atoms with van der Waals surface area (Å²) in [6, 6.07) is 11.0. The Morgan fingerprint density at radius 1 is 1.00 bits per heavy atom. The van der Waals surface area contributed by atoms with Gasteiger partial charge in [-0.2, -0.15) is 0 Å². The van der Waals surface area contributed by atoms with Crippen LogP contribution >= 0.6 is 23.2 Å². The molecule has 0 saturated carbocycles. The molecule has 0 atom stereocenters. The third kappa shape index (κ3) is 2.60. The van der Waals surface area contributed by atoms with E-state index >= 15 is 0 Å². The second-order valence-electron chi connectivity index (χ2n) is 3.51. The van der Waals surface area contributed by atoms with Crippen LogP contribution in [0.5, 0.6) is 5.75 Å². The highest BCUT2D eigenvalue weighted by atomic mass is 35.5. The van der Waals surface area contributed by atoms with Crippen molar-refractivity contribution in [2.24, 2.45) is 0 Å². The third-order valence-corrected chi connectivity index (χ3v) is 2.83. The zero-order valence-corrected chi connectivity index (χ0v) is 10.2. The van der Waals surface area contributed by atoms with Crippen LogP contribution < -0.4 is 0 Å². The Morgan fingerprint density at radius 2 is 1.71 bits per heavy atom. The van der Waals surface area contributed by atoms with Crippen molar-refractivity contribution in [3.63, 3.8) is 0 Å². The van der Waals surface area contributed by atoms with Gasteiger partial charge in [0.1, 0.15) is 5.75 Å². The molecule has 0 aliphatic heterocycles. The quantitative estimate of drug-likeness (QED) is 0.837. The molecule has 0 fully saturated rings. The largest absolute Gasteiger partial charge is 0.506 e. The normalized spacial score (nSPS) is 10.2. The SMILES string of the molecule is O=C(c1cccc(Cl)c1)c1ccc(O)c(Cl)c1. The van der Waals surface area contributed by atoms with Crippen LogP contribution in [0.4, 0.5) is 0 Å². The van der Waals surface area contributed by atoms with Crippen LogP contribution in [0.1, 0.15) is 15.9 Å². The number of carbonyl (C=O) groups excluding carboxylic acids is 1. The van der Waals surface area contributed by atoms with Gasteiger partial charge in [-0.25, -0.2) is 0 Å². The maximum atomic E-state index is 12.1. The number of hydrogen-bond donors (Lipinski definition) is 1. The Kier molecular flexibility index (Phi) is 3.36. The lowest BCUT2D eigenvalue weighted by Gasteiger charge is -2.03. The summed E-state index contributed by atoms with van der Waals surface area (Å²) in [5.41, 5.74) is 0.898. The average Bonchev–Trinajstić information content (AvgIpc) is 2.32. The predicted molar refractivity (Wildman–Crippen MR) is 68.0 cm³/mol.